The van der Waals surface area contributed by atoms with E-state index in [0.717, 1.165) is 51.9 Å². The molecule has 27 heavy (non-hydrogen) atoms. The molecule has 0 saturated carbocycles. The molecule has 1 saturated heterocycles. The fourth-order valence-corrected chi connectivity index (χ4v) is 4.18. The van der Waals surface area contributed by atoms with E-state index in [1.54, 1.807) is 0 Å². The molecule has 0 radical (unpaired) electrons. The number of hydrogen-bond acceptors (Lipinski definition) is 4. The fourth-order valence-electron chi connectivity index (χ4n) is 3.33. The molecule has 1 aromatic carbocycles. The largest absolute Gasteiger partial charge is 0.379 e. The van der Waals surface area contributed by atoms with E-state index in [-0.39, 0.29) is 0 Å². The van der Waals surface area contributed by atoms with Gasteiger partial charge in [-0.15, -0.1) is 11.3 Å². The maximum atomic E-state index is 5.54. The van der Waals surface area contributed by atoms with Gasteiger partial charge in [-0.3, -0.25) is 9.89 Å². The lowest BCUT2D eigenvalue weighted by Crippen LogP contribution is -2.42. The highest BCUT2D eigenvalue weighted by Gasteiger charge is 2.23. The monoisotopic (exact) mass is 386 g/mol. The zero-order chi connectivity index (χ0) is 18.9. The third-order valence-electron chi connectivity index (χ3n) is 4.73. The van der Waals surface area contributed by atoms with Gasteiger partial charge in [0.1, 0.15) is 0 Å². The Labute approximate surface area is 166 Å². The molecule has 146 valence electrons. The number of aliphatic imine (C=N–C) groups is 1. The number of nitrogens with zero attached hydrogens (tertiary/aromatic N) is 3. The van der Waals surface area contributed by atoms with Crippen molar-refractivity contribution >= 4 is 17.3 Å². The summed E-state index contributed by atoms with van der Waals surface area (Å²) in [5.41, 5.74) is 1.29. The van der Waals surface area contributed by atoms with Crippen LogP contribution in [0.1, 0.15) is 23.4 Å². The molecule has 1 atom stereocenters. The Morgan fingerprint density at radius 2 is 2.00 bits per heavy atom. The van der Waals surface area contributed by atoms with E-state index in [1.165, 1.54) is 10.4 Å². The molecule has 3 rings (SSSR count). The van der Waals surface area contributed by atoms with E-state index in [1.807, 2.05) is 11.3 Å². The lowest BCUT2D eigenvalue weighted by molar-refractivity contribution is 0.0186. The van der Waals surface area contributed by atoms with Gasteiger partial charge in [0, 0.05) is 38.1 Å². The van der Waals surface area contributed by atoms with Crippen molar-refractivity contribution in [1.82, 2.24) is 15.1 Å². The number of rotatable bonds is 7. The third kappa shape index (κ3) is 5.79. The van der Waals surface area contributed by atoms with Gasteiger partial charge in [-0.05, 0) is 23.9 Å². The predicted octanol–water partition coefficient (Wildman–Crippen LogP) is 3.22. The number of nitrogens with one attached hydrogen (secondary N) is 1. The summed E-state index contributed by atoms with van der Waals surface area (Å²) in [4.78, 5) is 11.1. The van der Waals surface area contributed by atoms with Crippen LogP contribution in [0.4, 0.5) is 0 Å². The van der Waals surface area contributed by atoms with E-state index >= 15 is 0 Å². The molecule has 2 aromatic rings. The molecule has 1 aliphatic heterocycles. The highest BCUT2D eigenvalue weighted by molar-refractivity contribution is 7.10. The SMILES string of the molecule is CCNC(=NCC(c1cccs1)N1CCOCC1)N(C)Cc1ccccc1. The molecule has 0 amide bonds. The highest BCUT2D eigenvalue weighted by Crippen LogP contribution is 2.26. The Morgan fingerprint density at radius 1 is 1.22 bits per heavy atom. The van der Waals surface area contributed by atoms with Gasteiger partial charge >= 0.3 is 0 Å². The van der Waals surface area contributed by atoms with Crippen LogP contribution in [-0.2, 0) is 11.3 Å². The molecule has 1 unspecified atom stereocenters. The Balaban J connectivity index is 1.72. The number of guanidine groups is 1. The van der Waals surface area contributed by atoms with Gasteiger partial charge in [0.15, 0.2) is 5.96 Å². The van der Waals surface area contributed by atoms with Crippen LogP contribution in [0.3, 0.4) is 0 Å². The van der Waals surface area contributed by atoms with Crippen LogP contribution < -0.4 is 5.32 Å². The molecule has 0 spiro atoms. The Hall–Kier alpha value is -1.89. The van der Waals surface area contributed by atoms with Crippen molar-refractivity contribution in [3.63, 3.8) is 0 Å². The first kappa shape index (κ1) is 19.9. The first-order valence-electron chi connectivity index (χ1n) is 9.66. The number of thiophene rings is 1. The first-order valence-corrected chi connectivity index (χ1v) is 10.5. The zero-order valence-electron chi connectivity index (χ0n) is 16.3. The van der Waals surface area contributed by atoms with Gasteiger partial charge in [-0.2, -0.15) is 0 Å². The summed E-state index contributed by atoms with van der Waals surface area (Å²) in [6, 6.07) is 15.2. The zero-order valence-corrected chi connectivity index (χ0v) is 17.1. The molecule has 2 heterocycles. The van der Waals surface area contributed by atoms with Crippen molar-refractivity contribution in [3.05, 3.63) is 58.3 Å². The Morgan fingerprint density at radius 3 is 2.67 bits per heavy atom. The Bertz CT molecular complexity index is 683. The summed E-state index contributed by atoms with van der Waals surface area (Å²) in [6.45, 7) is 8.11. The first-order chi connectivity index (χ1) is 13.3. The molecule has 1 N–H and O–H groups in total. The smallest absolute Gasteiger partial charge is 0.194 e. The summed E-state index contributed by atoms with van der Waals surface area (Å²) in [6.07, 6.45) is 0. The van der Waals surface area contributed by atoms with Crippen molar-refractivity contribution in [2.24, 2.45) is 4.99 Å². The predicted molar refractivity (Wildman–Crippen MR) is 113 cm³/mol. The van der Waals surface area contributed by atoms with Crippen LogP contribution in [0.25, 0.3) is 0 Å². The molecule has 0 bridgehead atoms. The second-order valence-corrected chi connectivity index (χ2v) is 7.70. The molecular formula is C21H30N4OS. The van der Waals surface area contributed by atoms with Crippen molar-refractivity contribution in [2.75, 3.05) is 46.4 Å². The maximum Gasteiger partial charge on any atom is 0.194 e. The van der Waals surface area contributed by atoms with E-state index in [2.05, 4.69) is 76.9 Å². The highest BCUT2D eigenvalue weighted by atomic mass is 32.1. The van der Waals surface area contributed by atoms with Crippen LogP contribution in [0.5, 0.6) is 0 Å². The van der Waals surface area contributed by atoms with Crippen LogP contribution in [0, 0.1) is 0 Å². The van der Waals surface area contributed by atoms with E-state index in [9.17, 15) is 0 Å². The molecule has 0 aliphatic carbocycles. The number of ether oxygens (including phenoxy) is 1. The minimum absolute atomic E-state index is 0.313. The van der Waals surface area contributed by atoms with Gasteiger partial charge in [0.25, 0.3) is 0 Å². The van der Waals surface area contributed by atoms with Crippen LogP contribution >= 0.6 is 11.3 Å². The third-order valence-corrected chi connectivity index (χ3v) is 5.70. The lowest BCUT2D eigenvalue weighted by atomic mass is 10.2. The topological polar surface area (TPSA) is 40.1 Å². The van der Waals surface area contributed by atoms with Crippen molar-refractivity contribution in [1.29, 1.82) is 0 Å². The summed E-state index contributed by atoms with van der Waals surface area (Å²) >= 11 is 1.81. The van der Waals surface area contributed by atoms with Crippen molar-refractivity contribution in [2.45, 2.75) is 19.5 Å². The number of benzene rings is 1. The minimum Gasteiger partial charge on any atom is -0.379 e. The normalized spacial score (nSPS) is 16.9. The summed E-state index contributed by atoms with van der Waals surface area (Å²) in [7, 11) is 2.10. The molecule has 6 heteroatoms. The van der Waals surface area contributed by atoms with Gasteiger partial charge in [-0.1, -0.05) is 36.4 Å². The molecule has 1 aliphatic rings. The molecule has 5 nitrogen and oxygen atoms in total. The molecule has 1 fully saturated rings. The molecule has 1 aromatic heterocycles. The van der Waals surface area contributed by atoms with Crippen LogP contribution in [0.15, 0.2) is 52.8 Å². The Kier molecular flexibility index (Phi) is 7.68. The maximum absolute atomic E-state index is 5.54. The van der Waals surface area contributed by atoms with Crippen LogP contribution in [-0.4, -0.2) is 62.2 Å². The van der Waals surface area contributed by atoms with Crippen molar-refractivity contribution in [3.8, 4) is 0 Å². The quantitative estimate of drug-likeness (QED) is 0.586. The van der Waals surface area contributed by atoms with E-state index < -0.39 is 0 Å². The summed E-state index contributed by atoms with van der Waals surface area (Å²) < 4.78 is 5.54. The van der Waals surface area contributed by atoms with Gasteiger partial charge in [0.2, 0.25) is 0 Å². The van der Waals surface area contributed by atoms with Gasteiger partial charge in [-0.25, -0.2) is 0 Å². The van der Waals surface area contributed by atoms with Gasteiger partial charge < -0.3 is 15.0 Å². The summed E-state index contributed by atoms with van der Waals surface area (Å²) in [5, 5.41) is 5.59. The van der Waals surface area contributed by atoms with E-state index in [4.69, 9.17) is 9.73 Å². The standard InChI is InChI=1S/C21H30N4OS/c1-3-22-21(24(2)17-18-8-5-4-6-9-18)23-16-19(20-10-7-15-27-20)25-11-13-26-14-12-25/h4-10,15,19H,3,11-14,16-17H2,1-2H3,(H,22,23). The number of hydrogen-bond donors (Lipinski definition) is 1. The van der Waals surface area contributed by atoms with E-state index in [0.29, 0.717) is 6.04 Å². The second-order valence-electron chi connectivity index (χ2n) is 6.72. The summed E-state index contributed by atoms with van der Waals surface area (Å²) in [5.74, 6) is 0.955. The van der Waals surface area contributed by atoms with Gasteiger partial charge in [0.05, 0.1) is 25.8 Å². The number of morpholine rings is 1. The second kappa shape index (κ2) is 10.4. The van der Waals surface area contributed by atoms with Crippen molar-refractivity contribution < 1.29 is 4.74 Å². The lowest BCUT2D eigenvalue weighted by Gasteiger charge is -2.33. The molecular weight excluding hydrogens is 356 g/mol. The fraction of sp³-hybridized carbons (Fsp3) is 0.476. The minimum atomic E-state index is 0.313. The average molecular weight is 387 g/mol. The van der Waals surface area contributed by atoms with Crippen LogP contribution in [0.2, 0.25) is 0 Å². The average Bonchev–Trinajstić information content (AvgIpc) is 3.23.